The zero-order valence-corrected chi connectivity index (χ0v) is 21.4. The number of alkyl halides is 9. The highest BCUT2D eigenvalue weighted by atomic mass is 19.4. The largest absolute Gasteiger partial charge is 0.419 e. The second-order valence-electron chi connectivity index (χ2n) is 9.52. The molecule has 226 valence electrons. The number of carbonyl (C=O) groups excluding carboxylic acids is 1. The minimum Gasteiger partial charge on any atom is -0.338 e. The van der Waals surface area contributed by atoms with Crippen molar-refractivity contribution in [2.24, 2.45) is 0 Å². The molecule has 4 rings (SSSR count). The quantitative estimate of drug-likeness (QED) is 0.215. The summed E-state index contributed by atoms with van der Waals surface area (Å²) in [5, 5.41) is 2.32. The minimum absolute atomic E-state index is 0.126. The van der Waals surface area contributed by atoms with Crippen LogP contribution in [0.15, 0.2) is 91.0 Å². The molecule has 0 fully saturated rings. The van der Waals surface area contributed by atoms with Crippen molar-refractivity contribution in [1.29, 1.82) is 0 Å². The Balaban J connectivity index is 2.04. The lowest BCUT2D eigenvalue weighted by Gasteiger charge is -2.37. The van der Waals surface area contributed by atoms with Gasteiger partial charge in [-0.15, -0.1) is 0 Å². The summed E-state index contributed by atoms with van der Waals surface area (Å²) in [5.41, 5.74) is -9.11. The lowest BCUT2D eigenvalue weighted by atomic mass is 9.76. The van der Waals surface area contributed by atoms with Crippen molar-refractivity contribution in [3.05, 3.63) is 142 Å². The molecule has 0 heterocycles. The fourth-order valence-electron chi connectivity index (χ4n) is 4.55. The SMILES string of the molecule is O=C(NC(Cc1ccccc1)(c1ccc(F)cc1)c1cc(C(F)(F)F)cc(C(F)(F)F)c1)c1ccc(F)c(C(F)(F)F)c1. The Morgan fingerprint density at radius 1 is 0.581 bits per heavy atom. The molecule has 0 saturated heterocycles. The number of benzene rings is 4. The van der Waals surface area contributed by atoms with Crippen molar-refractivity contribution in [1.82, 2.24) is 5.32 Å². The van der Waals surface area contributed by atoms with E-state index < -0.39 is 75.8 Å². The third-order valence-electron chi connectivity index (χ3n) is 6.59. The number of halogens is 11. The van der Waals surface area contributed by atoms with Crippen LogP contribution in [-0.4, -0.2) is 5.91 Å². The first-order chi connectivity index (χ1) is 19.9. The Bertz CT molecular complexity index is 1580. The van der Waals surface area contributed by atoms with Gasteiger partial charge in [0.25, 0.3) is 5.91 Å². The number of hydrogen-bond acceptors (Lipinski definition) is 1. The summed E-state index contributed by atoms with van der Waals surface area (Å²) in [5.74, 6) is -3.94. The number of nitrogens with one attached hydrogen (secondary N) is 1. The normalized spacial score (nSPS) is 13.8. The van der Waals surface area contributed by atoms with Crippen LogP contribution < -0.4 is 5.32 Å². The van der Waals surface area contributed by atoms with Gasteiger partial charge in [-0.3, -0.25) is 4.79 Å². The molecule has 0 radical (unpaired) electrons. The van der Waals surface area contributed by atoms with Gasteiger partial charge in [0.1, 0.15) is 11.6 Å². The number of carbonyl (C=O) groups is 1. The van der Waals surface area contributed by atoms with Crippen molar-refractivity contribution in [3.8, 4) is 0 Å². The van der Waals surface area contributed by atoms with E-state index >= 15 is 0 Å². The van der Waals surface area contributed by atoms with Gasteiger partial charge in [-0.2, -0.15) is 39.5 Å². The zero-order chi connectivity index (χ0) is 31.8. The highest BCUT2D eigenvalue weighted by molar-refractivity contribution is 5.95. The fourth-order valence-corrected chi connectivity index (χ4v) is 4.55. The molecule has 0 aliphatic carbocycles. The Morgan fingerprint density at radius 2 is 1.12 bits per heavy atom. The van der Waals surface area contributed by atoms with Crippen LogP contribution in [0, 0.1) is 11.6 Å². The van der Waals surface area contributed by atoms with Gasteiger partial charge in [0.05, 0.1) is 22.2 Å². The summed E-state index contributed by atoms with van der Waals surface area (Å²) in [4.78, 5) is 13.5. The maximum absolute atomic E-state index is 13.9. The van der Waals surface area contributed by atoms with E-state index in [1.54, 1.807) is 6.07 Å². The van der Waals surface area contributed by atoms with Crippen LogP contribution in [0.2, 0.25) is 0 Å². The maximum atomic E-state index is 13.9. The van der Waals surface area contributed by atoms with E-state index in [1.165, 1.54) is 24.3 Å². The first-order valence-electron chi connectivity index (χ1n) is 12.2. The molecular weight excluding hydrogens is 599 g/mol. The average Bonchev–Trinajstić information content (AvgIpc) is 2.92. The van der Waals surface area contributed by atoms with Crippen LogP contribution in [0.4, 0.5) is 48.3 Å². The van der Waals surface area contributed by atoms with Gasteiger partial charge in [0.15, 0.2) is 0 Å². The second-order valence-corrected chi connectivity index (χ2v) is 9.52. The molecule has 1 amide bonds. The van der Waals surface area contributed by atoms with Crippen molar-refractivity contribution in [2.45, 2.75) is 30.5 Å². The lowest BCUT2D eigenvalue weighted by molar-refractivity contribution is -0.143. The predicted molar refractivity (Wildman–Crippen MR) is 133 cm³/mol. The number of amides is 1. The summed E-state index contributed by atoms with van der Waals surface area (Å²) < 4.78 is 151. The topological polar surface area (TPSA) is 29.1 Å². The van der Waals surface area contributed by atoms with E-state index in [0.717, 1.165) is 24.3 Å². The molecule has 4 aromatic carbocycles. The van der Waals surface area contributed by atoms with E-state index in [0.29, 0.717) is 24.3 Å². The van der Waals surface area contributed by atoms with Gasteiger partial charge in [-0.1, -0.05) is 42.5 Å². The Morgan fingerprint density at radius 3 is 1.63 bits per heavy atom. The molecule has 13 heteroatoms. The molecule has 2 nitrogen and oxygen atoms in total. The summed E-state index contributed by atoms with van der Waals surface area (Å²) in [6, 6.07) is 13.0. The van der Waals surface area contributed by atoms with Gasteiger partial charge in [0, 0.05) is 12.0 Å². The van der Waals surface area contributed by atoms with Crippen molar-refractivity contribution >= 4 is 5.91 Å². The number of rotatable bonds is 6. The van der Waals surface area contributed by atoms with Crippen LogP contribution in [0.1, 0.15) is 43.7 Å². The van der Waals surface area contributed by atoms with Crippen LogP contribution in [0.25, 0.3) is 0 Å². The molecule has 0 saturated carbocycles. The number of hydrogen-bond donors (Lipinski definition) is 1. The first kappa shape index (κ1) is 31.5. The van der Waals surface area contributed by atoms with Crippen LogP contribution in [0.5, 0.6) is 0 Å². The van der Waals surface area contributed by atoms with Crippen LogP contribution in [0.3, 0.4) is 0 Å². The van der Waals surface area contributed by atoms with Gasteiger partial charge in [0.2, 0.25) is 0 Å². The van der Waals surface area contributed by atoms with Crippen LogP contribution >= 0.6 is 0 Å². The van der Waals surface area contributed by atoms with Gasteiger partial charge in [-0.05, 0) is 65.2 Å². The zero-order valence-electron chi connectivity index (χ0n) is 21.4. The molecule has 0 aromatic heterocycles. The van der Waals surface area contributed by atoms with Gasteiger partial charge >= 0.3 is 18.5 Å². The monoisotopic (exact) mass is 617 g/mol. The molecule has 0 spiro atoms. The Hall–Kier alpha value is -4.42. The van der Waals surface area contributed by atoms with E-state index in [2.05, 4.69) is 5.32 Å². The second kappa shape index (κ2) is 11.3. The third kappa shape index (κ3) is 6.98. The minimum atomic E-state index is -5.29. The van der Waals surface area contributed by atoms with E-state index in [4.69, 9.17) is 0 Å². The first-order valence-corrected chi connectivity index (χ1v) is 12.2. The third-order valence-corrected chi connectivity index (χ3v) is 6.59. The Labute approximate surface area is 236 Å². The molecule has 43 heavy (non-hydrogen) atoms. The summed E-state index contributed by atoms with van der Waals surface area (Å²) in [6.45, 7) is 0. The molecule has 1 N–H and O–H groups in total. The fraction of sp³-hybridized carbons (Fsp3) is 0.167. The lowest BCUT2D eigenvalue weighted by Crippen LogP contribution is -2.49. The van der Waals surface area contributed by atoms with E-state index in [1.807, 2.05) is 0 Å². The van der Waals surface area contributed by atoms with Gasteiger partial charge in [-0.25, -0.2) is 8.78 Å². The molecule has 0 aliphatic rings. The molecule has 0 aliphatic heterocycles. The smallest absolute Gasteiger partial charge is 0.338 e. The summed E-state index contributed by atoms with van der Waals surface area (Å²) in [6.07, 6.45) is -16.3. The molecular formula is C30H18F11NO. The highest BCUT2D eigenvalue weighted by Gasteiger charge is 2.43. The van der Waals surface area contributed by atoms with Crippen molar-refractivity contribution in [2.75, 3.05) is 0 Å². The highest BCUT2D eigenvalue weighted by Crippen LogP contribution is 2.42. The molecule has 1 atom stereocenters. The van der Waals surface area contributed by atoms with Crippen LogP contribution in [-0.2, 0) is 30.5 Å². The molecule has 0 bridgehead atoms. The molecule has 4 aromatic rings. The maximum Gasteiger partial charge on any atom is 0.419 e. The van der Waals surface area contributed by atoms with Crippen molar-refractivity contribution < 1.29 is 53.1 Å². The summed E-state index contributed by atoms with van der Waals surface area (Å²) in [7, 11) is 0. The molecule has 1 unspecified atom stereocenters. The average molecular weight is 617 g/mol. The van der Waals surface area contributed by atoms with E-state index in [9.17, 15) is 53.1 Å². The standard InChI is InChI=1S/C30H18F11NO/c31-23-9-7-19(8-10-23)27(16-17-4-2-1-3-5-17,20-13-21(28(33,34)35)15-22(14-20)29(36,37)38)42-26(43)18-6-11-25(32)24(12-18)30(39,40)41/h1-15H,16H2,(H,42,43). The Kier molecular flexibility index (Phi) is 8.31. The van der Waals surface area contributed by atoms with Crippen molar-refractivity contribution in [3.63, 3.8) is 0 Å². The summed E-state index contributed by atoms with van der Waals surface area (Å²) >= 11 is 0. The predicted octanol–water partition coefficient (Wildman–Crippen LogP) is 8.94. The van der Waals surface area contributed by atoms with Gasteiger partial charge < -0.3 is 5.32 Å². The van der Waals surface area contributed by atoms with E-state index in [-0.39, 0.29) is 23.3 Å².